The Kier molecular flexibility index (Phi) is 7.03. The molecule has 20 heavy (non-hydrogen) atoms. The van der Waals surface area contributed by atoms with Gasteiger partial charge in [0.05, 0.1) is 6.42 Å². The molecule has 1 N–H and O–H groups in total. The highest BCUT2D eigenvalue weighted by Crippen LogP contribution is 2.34. The lowest BCUT2D eigenvalue weighted by Crippen LogP contribution is -2.46. The summed E-state index contributed by atoms with van der Waals surface area (Å²) < 4.78 is 39.4. The first kappa shape index (κ1) is 18.0. The fourth-order valence-corrected chi connectivity index (χ4v) is 2.72. The number of rotatable bonds is 3. The van der Waals surface area contributed by atoms with Gasteiger partial charge < -0.3 is 5.32 Å². The van der Waals surface area contributed by atoms with Gasteiger partial charge in [0.2, 0.25) is 0 Å². The molecule has 1 saturated heterocycles. The SMILES string of the molecule is Cl.FC(F)(F)C[C@@H](c1ccc(I)cc1)N1CCNCC1. The van der Waals surface area contributed by atoms with Crippen LogP contribution in [-0.4, -0.2) is 37.3 Å². The van der Waals surface area contributed by atoms with Gasteiger partial charge >= 0.3 is 6.18 Å². The minimum atomic E-state index is -4.14. The average Bonchev–Trinajstić information content (AvgIpc) is 2.37. The van der Waals surface area contributed by atoms with Crippen LogP contribution in [0.1, 0.15) is 18.0 Å². The second-order valence-corrected chi connectivity index (χ2v) is 5.92. The molecular weight excluding hydrogens is 404 g/mol. The van der Waals surface area contributed by atoms with Crippen molar-refractivity contribution in [3.63, 3.8) is 0 Å². The number of nitrogens with one attached hydrogen (secondary N) is 1. The molecular formula is C13H17ClF3IN2. The minimum absolute atomic E-state index is 0. The number of halogens is 5. The molecule has 0 spiro atoms. The van der Waals surface area contributed by atoms with Gasteiger partial charge in [0.25, 0.3) is 0 Å². The molecule has 114 valence electrons. The van der Waals surface area contributed by atoms with Crippen molar-refractivity contribution < 1.29 is 13.2 Å². The zero-order valence-corrected chi connectivity index (χ0v) is 13.8. The van der Waals surface area contributed by atoms with Crippen molar-refractivity contribution in [3.05, 3.63) is 33.4 Å². The van der Waals surface area contributed by atoms with Crippen molar-refractivity contribution in [2.45, 2.75) is 18.6 Å². The molecule has 0 unspecified atom stereocenters. The number of alkyl halides is 3. The zero-order chi connectivity index (χ0) is 13.9. The van der Waals surface area contributed by atoms with Crippen LogP contribution in [-0.2, 0) is 0 Å². The summed E-state index contributed by atoms with van der Waals surface area (Å²) in [5.41, 5.74) is 0.750. The molecule has 0 amide bonds. The molecule has 1 heterocycles. The van der Waals surface area contributed by atoms with Gasteiger partial charge in [0.15, 0.2) is 0 Å². The Hall–Kier alpha value is -0.0500. The van der Waals surface area contributed by atoms with Gasteiger partial charge in [-0.1, -0.05) is 12.1 Å². The van der Waals surface area contributed by atoms with Crippen molar-refractivity contribution >= 4 is 35.0 Å². The molecule has 1 aliphatic heterocycles. The van der Waals surface area contributed by atoms with E-state index >= 15 is 0 Å². The Morgan fingerprint density at radius 1 is 1.15 bits per heavy atom. The number of hydrogen-bond acceptors (Lipinski definition) is 2. The van der Waals surface area contributed by atoms with E-state index in [2.05, 4.69) is 27.9 Å². The highest BCUT2D eigenvalue weighted by Gasteiger charge is 2.35. The van der Waals surface area contributed by atoms with E-state index in [1.54, 1.807) is 12.1 Å². The summed E-state index contributed by atoms with van der Waals surface area (Å²) in [5.74, 6) is 0. The lowest BCUT2D eigenvalue weighted by molar-refractivity contribution is -0.148. The van der Waals surface area contributed by atoms with Crippen LogP contribution in [0.4, 0.5) is 13.2 Å². The number of hydrogen-bond donors (Lipinski definition) is 1. The second-order valence-electron chi connectivity index (χ2n) is 4.67. The number of piperazine rings is 1. The summed E-state index contributed by atoms with van der Waals surface area (Å²) >= 11 is 2.16. The van der Waals surface area contributed by atoms with E-state index in [-0.39, 0.29) is 12.4 Å². The highest BCUT2D eigenvalue weighted by atomic mass is 127. The quantitative estimate of drug-likeness (QED) is 0.752. The molecule has 0 bridgehead atoms. The Labute approximate surface area is 136 Å². The third-order valence-electron chi connectivity index (χ3n) is 3.27. The Balaban J connectivity index is 0.00000200. The maximum atomic E-state index is 12.8. The second kappa shape index (κ2) is 7.82. The van der Waals surface area contributed by atoms with Crippen LogP contribution in [0.3, 0.4) is 0 Å². The predicted molar refractivity (Wildman–Crippen MR) is 84.3 cm³/mol. The molecule has 7 heteroatoms. The summed E-state index contributed by atoms with van der Waals surface area (Å²) in [5, 5.41) is 3.17. The summed E-state index contributed by atoms with van der Waals surface area (Å²) in [6, 6.07) is 6.77. The molecule has 1 fully saturated rings. The molecule has 1 aromatic rings. The molecule has 0 saturated carbocycles. The van der Waals surface area contributed by atoms with E-state index < -0.39 is 18.6 Å². The first-order valence-electron chi connectivity index (χ1n) is 6.23. The van der Waals surface area contributed by atoms with E-state index in [9.17, 15) is 13.2 Å². The van der Waals surface area contributed by atoms with Crippen LogP contribution < -0.4 is 5.32 Å². The van der Waals surface area contributed by atoms with Gasteiger partial charge in [-0.3, -0.25) is 4.90 Å². The van der Waals surface area contributed by atoms with Crippen molar-refractivity contribution in [1.29, 1.82) is 0 Å². The lowest BCUT2D eigenvalue weighted by atomic mass is 10.0. The number of benzene rings is 1. The molecule has 0 aromatic heterocycles. The van der Waals surface area contributed by atoms with Gasteiger partial charge in [-0.25, -0.2) is 0 Å². The van der Waals surface area contributed by atoms with E-state index in [1.165, 1.54) is 0 Å². The number of nitrogens with zero attached hydrogens (tertiary/aromatic N) is 1. The normalized spacial score (nSPS) is 18.4. The van der Waals surface area contributed by atoms with E-state index in [0.717, 1.165) is 22.2 Å². The Bertz CT molecular complexity index is 405. The van der Waals surface area contributed by atoms with Crippen LogP contribution >= 0.6 is 35.0 Å². The standard InChI is InChI=1S/C13H16F3IN2.ClH/c14-13(15,16)9-12(19-7-5-18-6-8-19)10-1-3-11(17)4-2-10;/h1-4,12,18H,5-9H2;1H/t12-;/m0./s1. The fraction of sp³-hybridized carbons (Fsp3) is 0.538. The predicted octanol–water partition coefficient (Wildman–Crippen LogP) is 3.61. The summed E-state index contributed by atoms with van der Waals surface area (Å²) in [7, 11) is 0. The van der Waals surface area contributed by atoms with Crippen LogP contribution in [0.25, 0.3) is 0 Å². The molecule has 2 nitrogen and oxygen atoms in total. The van der Waals surface area contributed by atoms with E-state index in [4.69, 9.17) is 0 Å². The maximum absolute atomic E-state index is 12.8. The van der Waals surface area contributed by atoms with E-state index in [0.29, 0.717) is 13.1 Å². The van der Waals surface area contributed by atoms with Crippen molar-refractivity contribution in [3.8, 4) is 0 Å². The molecule has 2 rings (SSSR count). The van der Waals surface area contributed by atoms with Crippen molar-refractivity contribution in [2.75, 3.05) is 26.2 Å². The van der Waals surface area contributed by atoms with Gasteiger partial charge in [-0.2, -0.15) is 13.2 Å². The van der Waals surface area contributed by atoms with Gasteiger partial charge in [-0.15, -0.1) is 12.4 Å². The third-order valence-corrected chi connectivity index (χ3v) is 3.99. The van der Waals surface area contributed by atoms with Crippen molar-refractivity contribution in [2.24, 2.45) is 0 Å². The third kappa shape index (κ3) is 5.38. The van der Waals surface area contributed by atoms with Gasteiger partial charge in [0, 0.05) is 35.8 Å². The largest absolute Gasteiger partial charge is 0.390 e. The van der Waals surface area contributed by atoms with Gasteiger partial charge in [0.1, 0.15) is 0 Å². The fourth-order valence-electron chi connectivity index (χ4n) is 2.36. The Morgan fingerprint density at radius 2 is 1.70 bits per heavy atom. The summed E-state index contributed by atoms with van der Waals surface area (Å²) in [6.07, 6.45) is -4.92. The highest BCUT2D eigenvalue weighted by molar-refractivity contribution is 14.1. The molecule has 1 atom stereocenters. The zero-order valence-electron chi connectivity index (χ0n) is 10.8. The first-order valence-corrected chi connectivity index (χ1v) is 7.30. The topological polar surface area (TPSA) is 15.3 Å². The summed E-state index contributed by atoms with van der Waals surface area (Å²) in [4.78, 5) is 1.92. The van der Waals surface area contributed by atoms with Crippen LogP contribution in [0.2, 0.25) is 0 Å². The van der Waals surface area contributed by atoms with Crippen LogP contribution in [0.15, 0.2) is 24.3 Å². The average molecular weight is 421 g/mol. The molecule has 0 radical (unpaired) electrons. The van der Waals surface area contributed by atoms with Crippen LogP contribution in [0, 0.1) is 3.57 Å². The first-order chi connectivity index (χ1) is 8.96. The molecule has 1 aromatic carbocycles. The monoisotopic (exact) mass is 420 g/mol. The minimum Gasteiger partial charge on any atom is -0.314 e. The maximum Gasteiger partial charge on any atom is 0.390 e. The molecule has 0 aliphatic carbocycles. The van der Waals surface area contributed by atoms with Crippen LogP contribution in [0.5, 0.6) is 0 Å². The lowest BCUT2D eigenvalue weighted by Gasteiger charge is -2.35. The van der Waals surface area contributed by atoms with E-state index in [1.807, 2.05) is 17.0 Å². The summed E-state index contributed by atoms with van der Waals surface area (Å²) in [6.45, 7) is 2.82. The van der Waals surface area contributed by atoms with Crippen molar-refractivity contribution in [1.82, 2.24) is 10.2 Å². The van der Waals surface area contributed by atoms with Gasteiger partial charge in [-0.05, 0) is 40.3 Å². The Morgan fingerprint density at radius 3 is 2.20 bits per heavy atom. The smallest absolute Gasteiger partial charge is 0.314 e. The molecule has 1 aliphatic rings.